The molecular formula is C15H13F4NO. The molecular weight excluding hydrogens is 286 g/mol. The zero-order valence-corrected chi connectivity index (χ0v) is 11.1. The lowest BCUT2D eigenvalue weighted by atomic mass is 10.1. The lowest BCUT2D eigenvalue weighted by Gasteiger charge is -2.17. The summed E-state index contributed by atoms with van der Waals surface area (Å²) in [5.41, 5.74) is 0.350. The topological polar surface area (TPSA) is 32.3 Å². The van der Waals surface area contributed by atoms with Crippen LogP contribution in [0.25, 0.3) is 0 Å². The highest BCUT2D eigenvalue weighted by atomic mass is 19.4. The van der Waals surface area contributed by atoms with Crippen molar-refractivity contribution in [2.24, 2.45) is 0 Å². The fraction of sp³-hybridized carbons (Fsp3) is 0.200. The van der Waals surface area contributed by atoms with Gasteiger partial charge in [-0.3, -0.25) is 0 Å². The molecule has 0 bridgehead atoms. The van der Waals surface area contributed by atoms with E-state index in [0.29, 0.717) is 11.3 Å². The summed E-state index contributed by atoms with van der Waals surface area (Å²) in [6, 6.07) is 8.26. The van der Waals surface area contributed by atoms with Gasteiger partial charge in [-0.1, -0.05) is 12.1 Å². The first-order valence-corrected chi connectivity index (χ1v) is 6.19. The van der Waals surface area contributed by atoms with E-state index in [2.05, 4.69) is 5.32 Å². The van der Waals surface area contributed by atoms with Crippen LogP contribution < -0.4 is 5.32 Å². The van der Waals surface area contributed by atoms with Crippen molar-refractivity contribution >= 4 is 5.69 Å². The number of halogens is 4. The molecule has 2 aromatic carbocycles. The van der Waals surface area contributed by atoms with E-state index < -0.39 is 23.3 Å². The zero-order chi connectivity index (χ0) is 15.6. The van der Waals surface area contributed by atoms with Crippen LogP contribution in [0.3, 0.4) is 0 Å². The molecule has 0 aliphatic carbocycles. The number of hydrogen-bond acceptors (Lipinski definition) is 2. The third-order valence-corrected chi connectivity index (χ3v) is 3.07. The van der Waals surface area contributed by atoms with E-state index >= 15 is 0 Å². The van der Waals surface area contributed by atoms with Crippen molar-refractivity contribution in [1.82, 2.24) is 0 Å². The van der Waals surface area contributed by atoms with Crippen molar-refractivity contribution in [3.63, 3.8) is 0 Å². The Morgan fingerprint density at radius 1 is 1.05 bits per heavy atom. The van der Waals surface area contributed by atoms with Crippen LogP contribution in [0.4, 0.5) is 23.2 Å². The van der Waals surface area contributed by atoms with Crippen LogP contribution in [0.2, 0.25) is 0 Å². The number of phenolic OH excluding ortho intramolecular Hbond substituents is 1. The van der Waals surface area contributed by atoms with Crippen LogP contribution in [0.1, 0.15) is 24.1 Å². The highest BCUT2D eigenvalue weighted by molar-refractivity contribution is 5.48. The Bertz CT molecular complexity index is 623. The van der Waals surface area contributed by atoms with E-state index in [1.54, 1.807) is 6.92 Å². The van der Waals surface area contributed by atoms with E-state index in [4.69, 9.17) is 5.11 Å². The molecule has 0 radical (unpaired) electrons. The predicted molar refractivity (Wildman–Crippen MR) is 71.5 cm³/mol. The van der Waals surface area contributed by atoms with Crippen LogP contribution in [0, 0.1) is 5.82 Å². The van der Waals surface area contributed by atoms with Gasteiger partial charge in [0.25, 0.3) is 0 Å². The first-order chi connectivity index (χ1) is 9.77. The second-order valence-electron chi connectivity index (χ2n) is 4.65. The summed E-state index contributed by atoms with van der Waals surface area (Å²) in [4.78, 5) is 0. The molecule has 2 rings (SSSR count). The average molecular weight is 299 g/mol. The quantitative estimate of drug-likeness (QED) is 0.634. The van der Waals surface area contributed by atoms with Crippen LogP contribution in [-0.4, -0.2) is 5.11 Å². The Kier molecular flexibility index (Phi) is 4.06. The van der Waals surface area contributed by atoms with Crippen molar-refractivity contribution in [2.75, 3.05) is 5.32 Å². The minimum atomic E-state index is -4.37. The summed E-state index contributed by atoms with van der Waals surface area (Å²) in [6.45, 7) is 1.74. The molecule has 2 N–H and O–H groups in total. The Morgan fingerprint density at radius 2 is 1.67 bits per heavy atom. The van der Waals surface area contributed by atoms with Crippen molar-refractivity contribution in [2.45, 2.75) is 19.1 Å². The van der Waals surface area contributed by atoms with E-state index in [-0.39, 0.29) is 6.04 Å². The molecule has 6 heteroatoms. The van der Waals surface area contributed by atoms with Crippen LogP contribution in [0.5, 0.6) is 5.75 Å². The molecule has 0 aliphatic heterocycles. The standard InChI is InChI=1S/C15H13F4NO/c1-9(20-12-6-7-14(21)13(16)8-12)10-2-4-11(5-3-10)15(17,18)19/h2-9,20-21H,1H3. The number of rotatable bonds is 3. The maximum atomic E-state index is 13.2. The number of aromatic hydroxyl groups is 1. The van der Waals surface area contributed by atoms with Crippen LogP contribution >= 0.6 is 0 Å². The van der Waals surface area contributed by atoms with Gasteiger partial charge in [0.1, 0.15) is 0 Å². The highest BCUT2D eigenvalue weighted by Crippen LogP contribution is 2.30. The molecule has 112 valence electrons. The number of alkyl halides is 3. The minimum absolute atomic E-state index is 0.309. The smallest absolute Gasteiger partial charge is 0.416 e. The molecule has 0 aliphatic rings. The fourth-order valence-electron chi connectivity index (χ4n) is 1.89. The third kappa shape index (κ3) is 3.65. The van der Waals surface area contributed by atoms with Crippen molar-refractivity contribution in [3.8, 4) is 5.75 Å². The monoisotopic (exact) mass is 299 g/mol. The predicted octanol–water partition coefficient (Wildman–Crippen LogP) is 4.72. The van der Waals surface area contributed by atoms with Crippen molar-refractivity contribution in [3.05, 3.63) is 59.4 Å². The Balaban J connectivity index is 2.13. The molecule has 0 saturated carbocycles. The van der Waals surface area contributed by atoms with Gasteiger partial charge < -0.3 is 10.4 Å². The molecule has 1 atom stereocenters. The summed E-state index contributed by atoms with van der Waals surface area (Å²) in [6.07, 6.45) is -4.37. The van der Waals surface area contributed by atoms with Gasteiger partial charge in [0.2, 0.25) is 0 Å². The maximum Gasteiger partial charge on any atom is 0.416 e. The molecule has 2 nitrogen and oxygen atoms in total. The second kappa shape index (κ2) is 5.63. The summed E-state index contributed by atoms with van der Waals surface area (Å²) in [7, 11) is 0. The van der Waals surface area contributed by atoms with Gasteiger partial charge in [0, 0.05) is 17.8 Å². The number of anilines is 1. The second-order valence-corrected chi connectivity index (χ2v) is 4.65. The van der Waals surface area contributed by atoms with E-state index in [0.717, 1.165) is 18.2 Å². The molecule has 0 spiro atoms. The highest BCUT2D eigenvalue weighted by Gasteiger charge is 2.30. The molecule has 0 saturated heterocycles. The van der Waals surface area contributed by atoms with Crippen molar-refractivity contribution < 1.29 is 22.7 Å². The molecule has 2 aromatic rings. The SMILES string of the molecule is CC(Nc1ccc(O)c(F)c1)c1ccc(C(F)(F)F)cc1. The molecule has 21 heavy (non-hydrogen) atoms. The van der Waals surface area contributed by atoms with Gasteiger partial charge in [-0.05, 0) is 36.8 Å². The molecule has 1 unspecified atom stereocenters. The first-order valence-electron chi connectivity index (χ1n) is 6.19. The van der Waals surface area contributed by atoms with E-state index in [1.165, 1.54) is 24.3 Å². The van der Waals surface area contributed by atoms with Crippen LogP contribution in [-0.2, 0) is 6.18 Å². The largest absolute Gasteiger partial charge is 0.505 e. The normalized spacial score (nSPS) is 13.0. The number of phenols is 1. The maximum absolute atomic E-state index is 13.2. The molecule has 0 amide bonds. The average Bonchev–Trinajstić information content (AvgIpc) is 2.42. The summed E-state index contributed by atoms with van der Waals surface area (Å²) >= 11 is 0. The summed E-state index contributed by atoms with van der Waals surface area (Å²) < 4.78 is 50.6. The zero-order valence-electron chi connectivity index (χ0n) is 11.1. The van der Waals surface area contributed by atoms with Crippen LogP contribution in [0.15, 0.2) is 42.5 Å². The lowest BCUT2D eigenvalue weighted by Crippen LogP contribution is -2.09. The molecule has 0 fully saturated rings. The Hall–Kier alpha value is -2.24. The third-order valence-electron chi connectivity index (χ3n) is 3.07. The van der Waals surface area contributed by atoms with Gasteiger partial charge in [-0.2, -0.15) is 13.2 Å². The first kappa shape index (κ1) is 15.2. The number of hydrogen-bond donors (Lipinski definition) is 2. The van der Waals surface area contributed by atoms with Gasteiger partial charge in [0.05, 0.1) is 5.56 Å². The lowest BCUT2D eigenvalue weighted by molar-refractivity contribution is -0.137. The van der Waals surface area contributed by atoms with Gasteiger partial charge in [0.15, 0.2) is 11.6 Å². The van der Waals surface area contributed by atoms with Gasteiger partial charge in [-0.15, -0.1) is 0 Å². The molecule has 0 heterocycles. The summed E-state index contributed by atoms with van der Waals surface area (Å²) in [5.74, 6) is -1.22. The number of nitrogens with one attached hydrogen (secondary N) is 1. The Morgan fingerprint density at radius 3 is 2.19 bits per heavy atom. The summed E-state index contributed by atoms with van der Waals surface area (Å²) in [5, 5.41) is 12.0. The van der Waals surface area contributed by atoms with E-state index in [9.17, 15) is 17.6 Å². The van der Waals surface area contributed by atoms with Gasteiger partial charge >= 0.3 is 6.18 Å². The Labute approximate surface area is 119 Å². The number of benzene rings is 2. The van der Waals surface area contributed by atoms with Gasteiger partial charge in [-0.25, -0.2) is 4.39 Å². The molecule has 0 aromatic heterocycles. The minimum Gasteiger partial charge on any atom is -0.505 e. The fourth-order valence-corrected chi connectivity index (χ4v) is 1.89. The van der Waals surface area contributed by atoms with E-state index in [1.807, 2.05) is 0 Å². The van der Waals surface area contributed by atoms with Crippen molar-refractivity contribution in [1.29, 1.82) is 0 Å².